The second-order valence-corrected chi connectivity index (χ2v) is 4.95. The lowest BCUT2D eigenvalue weighted by Crippen LogP contribution is -2.34. The van der Waals surface area contributed by atoms with E-state index in [1.807, 2.05) is 23.1 Å². The predicted octanol–water partition coefficient (Wildman–Crippen LogP) is 2.47. The molecule has 0 radical (unpaired) electrons. The van der Waals surface area contributed by atoms with Crippen LogP contribution in [0.5, 0.6) is 0 Å². The van der Waals surface area contributed by atoms with Gasteiger partial charge in [0.1, 0.15) is 0 Å². The van der Waals surface area contributed by atoms with Crippen LogP contribution in [0.25, 0.3) is 5.57 Å². The van der Waals surface area contributed by atoms with Crippen LogP contribution in [-0.2, 0) is 0 Å². The minimum absolute atomic E-state index is 0.0305. The molecule has 3 rings (SSSR count). The first-order valence-electron chi connectivity index (χ1n) is 6.16. The molecule has 0 atom stereocenters. The van der Waals surface area contributed by atoms with Crippen LogP contribution in [-0.4, -0.2) is 32.6 Å². The lowest BCUT2D eigenvalue weighted by molar-refractivity contribution is 0.0768. The van der Waals surface area contributed by atoms with Gasteiger partial charge in [-0.15, -0.1) is 0 Å². The van der Waals surface area contributed by atoms with Crippen molar-refractivity contribution in [3.05, 3.63) is 53.9 Å². The molecule has 96 valence electrons. The van der Waals surface area contributed by atoms with E-state index in [-0.39, 0.29) is 5.91 Å². The Bertz CT molecular complexity index is 592. The van der Waals surface area contributed by atoms with Gasteiger partial charge in [-0.2, -0.15) is 8.75 Å². The van der Waals surface area contributed by atoms with Crippen molar-refractivity contribution in [2.24, 2.45) is 0 Å². The lowest BCUT2D eigenvalue weighted by atomic mass is 9.99. The predicted molar refractivity (Wildman–Crippen MR) is 74.8 cm³/mol. The molecular formula is C14H13N3OS. The van der Waals surface area contributed by atoms with Gasteiger partial charge in [0.2, 0.25) is 0 Å². The van der Waals surface area contributed by atoms with Gasteiger partial charge in [0.25, 0.3) is 5.91 Å². The van der Waals surface area contributed by atoms with Crippen molar-refractivity contribution in [1.82, 2.24) is 13.6 Å². The SMILES string of the molecule is O=C(c1cnsn1)N1CC=C(c2ccccc2)CC1. The highest BCUT2D eigenvalue weighted by Gasteiger charge is 2.20. The molecule has 1 aliphatic rings. The number of nitrogens with zero attached hydrogens (tertiary/aromatic N) is 3. The minimum atomic E-state index is -0.0305. The molecule has 2 heterocycles. The summed E-state index contributed by atoms with van der Waals surface area (Å²) < 4.78 is 7.86. The van der Waals surface area contributed by atoms with Crippen LogP contribution in [0.2, 0.25) is 0 Å². The number of hydrogen-bond acceptors (Lipinski definition) is 4. The Kier molecular flexibility index (Phi) is 3.37. The fourth-order valence-corrected chi connectivity index (χ4v) is 2.60. The number of rotatable bonds is 2. The molecule has 5 heteroatoms. The summed E-state index contributed by atoms with van der Waals surface area (Å²) in [5, 5.41) is 0. The number of benzene rings is 1. The van der Waals surface area contributed by atoms with E-state index in [1.165, 1.54) is 17.3 Å². The molecule has 0 unspecified atom stereocenters. The van der Waals surface area contributed by atoms with Gasteiger partial charge in [-0.25, -0.2) is 0 Å². The average molecular weight is 271 g/mol. The Morgan fingerprint density at radius 1 is 1.26 bits per heavy atom. The highest BCUT2D eigenvalue weighted by molar-refractivity contribution is 6.99. The van der Waals surface area contributed by atoms with E-state index in [0.717, 1.165) is 24.7 Å². The van der Waals surface area contributed by atoms with Crippen LogP contribution in [0.4, 0.5) is 0 Å². The van der Waals surface area contributed by atoms with Crippen molar-refractivity contribution < 1.29 is 4.79 Å². The lowest BCUT2D eigenvalue weighted by Gasteiger charge is -2.25. The van der Waals surface area contributed by atoms with E-state index in [2.05, 4.69) is 27.0 Å². The summed E-state index contributed by atoms with van der Waals surface area (Å²) in [6.07, 6.45) is 4.53. The monoisotopic (exact) mass is 271 g/mol. The average Bonchev–Trinajstić information content (AvgIpc) is 3.02. The molecule has 2 aromatic rings. The van der Waals surface area contributed by atoms with E-state index in [9.17, 15) is 4.79 Å². The zero-order valence-corrected chi connectivity index (χ0v) is 11.1. The third-order valence-electron chi connectivity index (χ3n) is 3.22. The van der Waals surface area contributed by atoms with E-state index in [4.69, 9.17) is 0 Å². The van der Waals surface area contributed by atoms with E-state index < -0.39 is 0 Å². The van der Waals surface area contributed by atoms with Crippen LogP contribution >= 0.6 is 11.7 Å². The third kappa shape index (κ3) is 2.56. The van der Waals surface area contributed by atoms with Gasteiger partial charge >= 0.3 is 0 Å². The Balaban J connectivity index is 1.72. The van der Waals surface area contributed by atoms with Crippen LogP contribution in [0, 0.1) is 0 Å². The van der Waals surface area contributed by atoms with Crippen LogP contribution in [0.3, 0.4) is 0 Å². The third-order valence-corrected chi connectivity index (χ3v) is 3.70. The van der Waals surface area contributed by atoms with Gasteiger partial charge in [-0.1, -0.05) is 36.4 Å². The van der Waals surface area contributed by atoms with Crippen LogP contribution in [0.15, 0.2) is 42.6 Å². The zero-order chi connectivity index (χ0) is 13.1. The minimum Gasteiger partial charge on any atom is -0.333 e. The summed E-state index contributed by atoms with van der Waals surface area (Å²) in [7, 11) is 0. The zero-order valence-electron chi connectivity index (χ0n) is 10.3. The van der Waals surface area contributed by atoms with Gasteiger partial charge in [-0.05, 0) is 17.6 Å². The summed E-state index contributed by atoms with van der Waals surface area (Å²) in [5.74, 6) is -0.0305. The Labute approximate surface area is 115 Å². The van der Waals surface area contributed by atoms with Crippen molar-refractivity contribution >= 4 is 23.2 Å². The van der Waals surface area contributed by atoms with Crippen molar-refractivity contribution in [2.75, 3.05) is 13.1 Å². The molecule has 1 aliphatic heterocycles. The number of hydrogen-bond donors (Lipinski definition) is 0. The van der Waals surface area contributed by atoms with Gasteiger partial charge in [-0.3, -0.25) is 4.79 Å². The second kappa shape index (κ2) is 5.32. The van der Waals surface area contributed by atoms with Gasteiger partial charge in [0.15, 0.2) is 5.69 Å². The summed E-state index contributed by atoms with van der Waals surface area (Å²) in [6, 6.07) is 10.3. The van der Waals surface area contributed by atoms with Crippen molar-refractivity contribution in [1.29, 1.82) is 0 Å². The maximum atomic E-state index is 12.1. The molecule has 0 saturated carbocycles. The van der Waals surface area contributed by atoms with Crippen molar-refractivity contribution in [3.8, 4) is 0 Å². The fourth-order valence-electron chi connectivity index (χ4n) is 2.19. The molecular weight excluding hydrogens is 258 g/mol. The van der Waals surface area contributed by atoms with E-state index in [1.54, 1.807) is 0 Å². The normalized spacial score (nSPS) is 15.2. The molecule has 1 amide bonds. The maximum Gasteiger partial charge on any atom is 0.275 e. The first-order chi connectivity index (χ1) is 9.34. The topological polar surface area (TPSA) is 46.1 Å². The van der Waals surface area contributed by atoms with Gasteiger partial charge < -0.3 is 4.90 Å². The van der Waals surface area contributed by atoms with Gasteiger partial charge in [0.05, 0.1) is 17.9 Å². The molecule has 0 saturated heterocycles. The number of amides is 1. The molecule has 1 aromatic carbocycles. The fraction of sp³-hybridized carbons (Fsp3) is 0.214. The molecule has 0 spiro atoms. The Hall–Kier alpha value is -2.01. The molecule has 4 nitrogen and oxygen atoms in total. The number of carbonyl (C=O) groups is 1. The summed E-state index contributed by atoms with van der Waals surface area (Å²) in [5.41, 5.74) is 2.99. The summed E-state index contributed by atoms with van der Waals surface area (Å²) in [4.78, 5) is 13.9. The van der Waals surface area contributed by atoms with Crippen LogP contribution in [0.1, 0.15) is 22.5 Å². The quantitative estimate of drug-likeness (QED) is 0.843. The number of carbonyl (C=O) groups excluding carboxylic acids is 1. The maximum absolute atomic E-state index is 12.1. The Morgan fingerprint density at radius 2 is 2.11 bits per heavy atom. The van der Waals surface area contributed by atoms with Gasteiger partial charge in [0, 0.05) is 13.1 Å². The van der Waals surface area contributed by atoms with E-state index >= 15 is 0 Å². The molecule has 1 aromatic heterocycles. The van der Waals surface area contributed by atoms with Crippen molar-refractivity contribution in [3.63, 3.8) is 0 Å². The second-order valence-electron chi connectivity index (χ2n) is 4.39. The van der Waals surface area contributed by atoms with Crippen molar-refractivity contribution in [2.45, 2.75) is 6.42 Å². The molecule has 0 fully saturated rings. The number of aromatic nitrogens is 2. The first-order valence-corrected chi connectivity index (χ1v) is 6.89. The molecule has 0 bridgehead atoms. The molecule has 0 N–H and O–H groups in total. The smallest absolute Gasteiger partial charge is 0.275 e. The summed E-state index contributed by atoms with van der Waals surface area (Å²) >= 11 is 1.07. The standard InChI is InChI=1S/C14H13N3OS/c18-14(13-10-15-19-16-13)17-8-6-12(7-9-17)11-4-2-1-3-5-11/h1-6,10H,7-9H2. The summed E-state index contributed by atoms with van der Waals surface area (Å²) in [6.45, 7) is 1.37. The highest BCUT2D eigenvalue weighted by Crippen LogP contribution is 2.22. The van der Waals surface area contributed by atoms with Crippen LogP contribution < -0.4 is 0 Å². The van der Waals surface area contributed by atoms with E-state index in [0.29, 0.717) is 12.2 Å². The molecule has 19 heavy (non-hydrogen) atoms. The highest BCUT2D eigenvalue weighted by atomic mass is 32.1. The first kappa shape index (κ1) is 12.0. The largest absolute Gasteiger partial charge is 0.333 e. The molecule has 0 aliphatic carbocycles. The Morgan fingerprint density at radius 3 is 2.74 bits per heavy atom.